The lowest BCUT2D eigenvalue weighted by atomic mass is 10.2. The molecule has 9 heteroatoms. The van der Waals surface area contributed by atoms with Crippen molar-refractivity contribution in [3.63, 3.8) is 0 Å². The first-order valence-corrected chi connectivity index (χ1v) is 9.12. The number of piperazine rings is 1. The van der Waals surface area contributed by atoms with Gasteiger partial charge in [0.25, 0.3) is 0 Å². The Bertz CT molecular complexity index is 918. The van der Waals surface area contributed by atoms with E-state index in [0.717, 1.165) is 17.0 Å². The van der Waals surface area contributed by atoms with Crippen LogP contribution in [-0.2, 0) is 13.1 Å². The zero-order valence-corrected chi connectivity index (χ0v) is 15.2. The summed E-state index contributed by atoms with van der Waals surface area (Å²) in [6.07, 6.45) is 1.55. The summed E-state index contributed by atoms with van der Waals surface area (Å²) in [4.78, 5) is 25.1. The van der Waals surface area contributed by atoms with Crippen molar-refractivity contribution < 1.29 is 4.79 Å². The van der Waals surface area contributed by atoms with Crippen LogP contribution >= 0.6 is 0 Å². The van der Waals surface area contributed by atoms with Crippen molar-refractivity contribution in [3.8, 4) is 0 Å². The number of benzene rings is 1. The molecule has 2 aromatic heterocycles. The maximum absolute atomic E-state index is 12.4. The van der Waals surface area contributed by atoms with E-state index in [4.69, 9.17) is 0 Å². The molecular formula is C18H22N8O. The summed E-state index contributed by atoms with van der Waals surface area (Å²) in [5, 5.41) is 11.3. The Labute approximate surface area is 157 Å². The smallest absolute Gasteiger partial charge is 0.317 e. The van der Waals surface area contributed by atoms with Crippen LogP contribution in [-0.4, -0.2) is 62.1 Å². The molecule has 9 nitrogen and oxygen atoms in total. The van der Waals surface area contributed by atoms with Crippen LogP contribution in [0.25, 0.3) is 11.2 Å². The number of carbonyl (C=O) groups is 1. The number of aromatic nitrogens is 5. The van der Waals surface area contributed by atoms with Crippen LogP contribution in [0.1, 0.15) is 12.5 Å². The molecule has 1 fully saturated rings. The van der Waals surface area contributed by atoms with Crippen LogP contribution in [0.5, 0.6) is 0 Å². The monoisotopic (exact) mass is 366 g/mol. The summed E-state index contributed by atoms with van der Waals surface area (Å²) < 4.78 is 1.76. The van der Waals surface area contributed by atoms with Crippen LogP contribution in [0.3, 0.4) is 0 Å². The SMILES string of the molecule is CCn1nnc2c(N3CCN(C(=O)NCc4ccccc4)CC3)ncnc21. The number of aryl methyl sites for hydroxylation is 1. The van der Waals surface area contributed by atoms with E-state index in [-0.39, 0.29) is 6.03 Å². The maximum Gasteiger partial charge on any atom is 0.317 e. The van der Waals surface area contributed by atoms with Gasteiger partial charge < -0.3 is 15.1 Å². The first kappa shape index (κ1) is 17.2. The Morgan fingerprint density at radius 1 is 1.11 bits per heavy atom. The average Bonchev–Trinajstić information content (AvgIpc) is 3.16. The fourth-order valence-corrected chi connectivity index (χ4v) is 3.23. The Balaban J connectivity index is 1.38. The van der Waals surface area contributed by atoms with Gasteiger partial charge in [-0.05, 0) is 12.5 Å². The van der Waals surface area contributed by atoms with Gasteiger partial charge in [0.15, 0.2) is 17.0 Å². The molecule has 0 atom stereocenters. The van der Waals surface area contributed by atoms with Gasteiger partial charge in [0.2, 0.25) is 0 Å². The normalized spacial score (nSPS) is 14.6. The van der Waals surface area contributed by atoms with Crippen molar-refractivity contribution in [2.24, 2.45) is 0 Å². The van der Waals surface area contributed by atoms with E-state index in [2.05, 4.69) is 30.5 Å². The molecule has 1 aromatic carbocycles. The van der Waals surface area contributed by atoms with E-state index in [1.807, 2.05) is 42.2 Å². The molecule has 4 rings (SSSR count). The number of carbonyl (C=O) groups excluding carboxylic acids is 1. The molecule has 3 aromatic rings. The molecule has 0 radical (unpaired) electrons. The van der Waals surface area contributed by atoms with E-state index in [1.54, 1.807) is 11.0 Å². The molecule has 2 amide bonds. The number of hydrogen-bond donors (Lipinski definition) is 1. The molecule has 0 aliphatic carbocycles. The summed E-state index contributed by atoms with van der Waals surface area (Å²) in [5.74, 6) is 0.782. The molecular weight excluding hydrogens is 344 g/mol. The Morgan fingerprint density at radius 3 is 2.63 bits per heavy atom. The zero-order valence-electron chi connectivity index (χ0n) is 15.2. The predicted octanol–water partition coefficient (Wildman–Crippen LogP) is 1.27. The van der Waals surface area contributed by atoms with Gasteiger partial charge in [0.1, 0.15) is 6.33 Å². The van der Waals surface area contributed by atoms with Gasteiger partial charge in [-0.25, -0.2) is 19.4 Å². The summed E-state index contributed by atoms with van der Waals surface area (Å²) in [6, 6.07) is 9.87. The van der Waals surface area contributed by atoms with Gasteiger partial charge in [-0.3, -0.25) is 0 Å². The highest BCUT2D eigenvalue weighted by atomic mass is 16.2. The van der Waals surface area contributed by atoms with Gasteiger partial charge in [-0.2, -0.15) is 0 Å². The lowest BCUT2D eigenvalue weighted by Gasteiger charge is -2.35. The van der Waals surface area contributed by atoms with Crippen molar-refractivity contribution in [1.29, 1.82) is 0 Å². The number of urea groups is 1. The van der Waals surface area contributed by atoms with Gasteiger partial charge >= 0.3 is 6.03 Å². The molecule has 0 bridgehead atoms. The Kier molecular flexibility index (Phi) is 4.82. The van der Waals surface area contributed by atoms with Crippen molar-refractivity contribution in [2.75, 3.05) is 31.1 Å². The number of fused-ring (bicyclic) bond motifs is 1. The number of nitrogens with zero attached hydrogens (tertiary/aromatic N) is 7. The lowest BCUT2D eigenvalue weighted by molar-refractivity contribution is 0.194. The lowest BCUT2D eigenvalue weighted by Crippen LogP contribution is -2.52. The summed E-state index contributed by atoms with van der Waals surface area (Å²) in [5.41, 5.74) is 2.54. The fourth-order valence-electron chi connectivity index (χ4n) is 3.23. The first-order chi connectivity index (χ1) is 13.3. The highest BCUT2D eigenvalue weighted by Gasteiger charge is 2.24. The van der Waals surface area contributed by atoms with Crippen LogP contribution < -0.4 is 10.2 Å². The number of hydrogen-bond acceptors (Lipinski definition) is 6. The minimum Gasteiger partial charge on any atom is -0.351 e. The average molecular weight is 366 g/mol. The third-order valence-electron chi connectivity index (χ3n) is 4.73. The van der Waals surface area contributed by atoms with Crippen molar-refractivity contribution in [1.82, 2.24) is 35.2 Å². The zero-order chi connectivity index (χ0) is 18.6. The molecule has 1 saturated heterocycles. The molecule has 27 heavy (non-hydrogen) atoms. The van der Waals surface area contributed by atoms with Crippen molar-refractivity contribution in [2.45, 2.75) is 20.0 Å². The van der Waals surface area contributed by atoms with Crippen LogP contribution in [0.4, 0.5) is 10.6 Å². The molecule has 0 unspecified atom stereocenters. The van der Waals surface area contributed by atoms with Crippen molar-refractivity contribution in [3.05, 3.63) is 42.2 Å². The van der Waals surface area contributed by atoms with E-state index >= 15 is 0 Å². The Hall–Kier alpha value is -3.23. The van der Waals surface area contributed by atoms with Gasteiger partial charge in [-0.15, -0.1) is 5.10 Å². The second kappa shape index (κ2) is 7.56. The number of amides is 2. The van der Waals surface area contributed by atoms with Gasteiger partial charge in [0.05, 0.1) is 0 Å². The van der Waals surface area contributed by atoms with E-state index in [0.29, 0.717) is 44.8 Å². The van der Waals surface area contributed by atoms with Crippen molar-refractivity contribution >= 4 is 23.0 Å². The molecule has 140 valence electrons. The third-order valence-corrected chi connectivity index (χ3v) is 4.73. The molecule has 1 N–H and O–H groups in total. The summed E-state index contributed by atoms with van der Waals surface area (Å²) in [6.45, 7) is 5.91. The summed E-state index contributed by atoms with van der Waals surface area (Å²) in [7, 11) is 0. The van der Waals surface area contributed by atoms with Crippen LogP contribution in [0.2, 0.25) is 0 Å². The minimum atomic E-state index is -0.0386. The first-order valence-electron chi connectivity index (χ1n) is 9.12. The quantitative estimate of drug-likeness (QED) is 0.748. The molecule has 3 heterocycles. The predicted molar refractivity (Wildman–Crippen MR) is 101 cm³/mol. The summed E-state index contributed by atoms with van der Waals surface area (Å²) >= 11 is 0. The highest BCUT2D eigenvalue weighted by Crippen LogP contribution is 2.21. The fraction of sp³-hybridized carbons (Fsp3) is 0.389. The number of anilines is 1. The number of nitrogens with one attached hydrogen (secondary N) is 1. The molecule has 1 aliphatic rings. The standard InChI is InChI=1S/C18H22N8O/c1-2-26-17-15(22-23-26)16(20-13-21-17)24-8-10-25(11-9-24)18(27)19-12-14-6-4-3-5-7-14/h3-7,13H,2,8-12H2,1H3,(H,19,27). The van der Waals surface area contributed by atoms with E-state index in [1.165, 1.54) is 0 Å². The molecule has 1 aliphatic heterocycles. The van der Waals surface area contributed by atoms with E-state index in [9.17, 15) is 4.79 Å². The topological polar surface area (TPSA) is 92.1 Å². The minimum absolute atomic E-state index is 0.0386. The number of rotatable bonds is 4. The van der Waals surface area contributed by atoms with Crippen LogP contribution in [0.15, 0.2) is 36.7 Å². The maximum atomic E-state index is 12.4. The van der Waals surface area contributed by atoms with E-state index < -0.39 is 0 Å². The second-order valence-corrected chi connectivity index (χ2v) is 6.39. The highest BCUT2D eigenvalue weighted by molar-refractivity contribution is 5.82. The van der Waals surface area contributed by atoms with Gasteiger partial charge in [-0.1, -0.05) is 35.5 Å². The second-order valence-electron chi connectivity index (χ2n) is 6.39. The third kappa shape index (κ3) is 3.53. The molecule has 0 spiro atoms. The Morgan fingerprint density at radius 2 is 1.89 bits per heavy atom. The van der Waals surface area contributed by atoms with Gasteiger partial charge in [0, 0.05) is 39.3 Å². The van der Waals surface area contributed by atoms with Crippen LogP contribution in [0, 0.1) is 0 Å². The largest absolute Gasteiger partial charge is 0.351 e. The molecule has 0 saturated carbocycles.